The minimum atomic E-state index is -1.26. The summed E-state index contributed by atoms with van der Waals surface area (Å²) >= 11 is 0. The molecular weight excluding hydrogens is 249 g/mol. The molecule has 6 heteroatoms. The summed E-state index contributed by atoms with van der Waals surface area (Å²) in [5.74, 6) is -1.44. The molecule has 1 saturated heterocycles. The molecule has 0 spiro atoms. The summed E-state index contributed by atoms with van der Waals surface area (Å²) in [6.07, 6.45) is 0.335. The van der Waals surface area contributed by atoms with Crippen LogP contribution >= 0.6 is 0 Å². The maximum absolute atomic E-state index is 13.6. The van der Waals surface area contributed by atoms with Crippen molar-refractivity contribution in [3.05, 3.63) is 35.1 Å². The van der Waals surface area contributed by atoms with E-state index in [1.807, 2.05) is 6.07 Å². The Hall–Kier alpha value is -1.97. The Morgan fingerprint density at radius 3 is 2.95 bits per heavy atom. The van der Waals surface area contributed by atoms with Crippen LogP contribution in [0.1, 0.15) is 17.5 Å². The normalized spacial score (nSPS) is 23.2. The molecule has 1 aromatic rings. The summed E-state index contributed by atoms with van der Waals surface area (Å²) < 4.78 is 13.6. The van der Waals surface area contributed by atoms with E-state index in [1.54, 1.807) is 4.90 Å². The topological polar surface area (TPSA) is 90.4 Å². The number of rotatable bonds is 3. The number of carbonyl (C=O) groups is 1. The lowest BCUT2D eigenvalue weighted by molar-refractivity contribution is -0.142. The number of benzene rings is 1. The minimum absolute atomic E-state index is 0.179. The van der Waals surface area contributed by atoms with Gasteiger partial charge in [0.2, 0.25) is 0 Å². The van der Waals surface area contributed by atoms with E-state index < -0.39 is 17.3 Å². The van der Waals surface area contributed by atoms with E-state index in [-0.39, 0.29) is 13.1 Å². The Morgan fingerprint density at radius 1 is 1.63 bits per heavy atom. The molecule has 1 aromatic carbocycles. The van der Waals surface area contributed by atoms with Crippen molar-refractivity contribution in [3.8, 4) is 6.07 Å². The van der Waals surface area contributed by atoms with Gasteiger partial charge in [0.05, 0.1) is 11.6 Å². The van der Waals surface area contributed by atoms with Crippen LogP contribution in [0.25, 0.3) is 0 Å². The SMILES string of the molecule is N#Cc1ccc(F)c(CN2CCC(N)(C(=O)O)C2)c1. The van der Waals surface area contributed by atoms with Crippen molar-refractivity contribution in [2.24, 2.45) is 5.73 Å². The van der Waals surface area contributed by atoms with E-state index in [2.05, 4.69) is 0 Å². The first kappa shape index (κ1) is 13.5. The first-order chi connectivity index (χ1) is 8.94. The average Bonchev–Trinajstić information content (AvgIpc) is 2.75. The van der Waals surface area contributed by atoms with Gasteiger partial charge in [-0.25, -0.2) is 4.39 Å². The van der Waals surface area contributed by atoms with Crippen LogP contribution in [0.3, 0.4) is 0 Å². The number of nitrogens with zero attached hydrogens (tertiary/aromatic N) is 2. The smallest absolute Gasteiger partial charge is 0.325 e. The van der Waals surface area contributed by atoms with Gasteiger partial charge in [0.1, 0.15) is 11.4 Å². The molecule has 0 amide bonds. The second-order valence-corrected chi connectivity index (χ2v) is 4.84. The van der Waals surface area contributed by atoms with Gasteiger partial charge < -0.3 is 10.8 Å². The van der Waals surface area contributed by atoms with Crippen molar-refractivity contribution in [3.63, 3.8) is 0 Å². The highest BCUT2D eigenvalue weighted by molar-refractivity contribution is 5.79. The van der Waals surface area contributed by atoms with E-state index in [1.165, 1.54) is 18.2 Å². The fourth-order valence-electron chi connectivity index (χ4n) is 2.23. The van der Waals surface area contributed by atoms with E-state index in [0.29, 0.717) is 24.1 Å². The highest BCUT2D eigenvalue weighted by Crippen LogP contribution is 2.22. The standard InChI is InChI=1S/C13H14FN3O2/c14-11-2-1-9(6-15)5-10(11)7-17-4-3-13(16,8-17)12(18)19/h1-2,5H,3-4,7-8,16H2,(H,18,19). The summed E-state index contributed by atoms with van der Waals surface area (Å²) in [4.78, 5) is 12.8. The van der Waals surface area contributed by atoms with E-state index in [9.17, 15) is 9.18 Å². The van der Waals surface area contributed by atoms with Crippen LogP contribution < -0.4 is 5.73 Å². The van der Waals surface area contributed by atoms with Gasteiger partial charge in [0.25, 0.3) is 0 Å². The van der Waals surface area contributed by atoms with Crippen LogP contribution in [0, 0.1) is 17.1 Å². The quantitative estimate of drug-likeness (QED) is 0.837. The van der Waals surface area contributed by atoms with Crippen molar-refractivity contribution in [1.29, 1.82) is 5.26 Å². The largest absolute Gasteiger partial charge is 0.480 e. The molecule has 100 valence electrons. The van der Waals surface area contributed by atoms with Crippen LogP contribution in [-0.4, -0.2) is 34.6 Å². The number of likely N-dealkylation sites (tertiary alicyclic amines) is 1. The molecule has 0 radical (unpaired) electrons. The van der Waals surface area contributed by atoms with E-state index in [0.717, 1.165) is 0 Å². The highest BCUT2D eigenvalue weighted by Gasteiger charge is 2.41. The van der Waals surface area contributed by atoms with Crippen molar-refractivity contribution >= 4 is 5.97 Å². The van der Waals surface area contributed by atoms with Crippen LogP contribution in [0.2, 0.25) is 0 Å². The lowest BCUT2D eigenvalue weighted by atomic mass is 10.0. The second-order valence-electron chi connectivity index (χ2n) is 4.84. The molecule has 0 saturated carbocycles. The zero-order valence-corrected chi connectivity index (χ0v) is 10.3. The molecule has 0 aliphatic carbocycles. The maximum atomic E-state index is 13.6. The second kappa shape index (κ2) is 4.96. The fourth-order valence-corrected chi connectivity index (χ4v) is 2.23. The third-order valence-corrected chi connectivity index (χ3v) is 3.37. The molecular formula is C13H14FN3O2. The number of halogens is 1. The molecule has 1 atom stereocenters. The predicted molar refractivity (Wildman–Crippen MR) is 65.6 cm³/mol. The van der Waals surface area contributed by atoms with Crippen LogP contribution in [0.15, 0.2) is 18.2 Å². The Kier molecular flexibility index (Phi) is 3.51. The number of aliphatic carboxylic acids is 1. The minimum Gasteiger partial charge on any atom is -0.480 e. The summed E-state index contributed by atoms with van der Waals surface area (Å²) in [6, 6.07) is 6.09. The van der Waals surface area contributed by atoms with Crippen LogP contribution in [0.5, 0.6) is 0 Å². The molecule has 3 N–H and O–H groups in total. The molecule has 1 unspecified atom stereocenters. The highest BCUT2D eigenvalue weighted by atomic mass is 19.1. The van der Waals surface area contributed by atoms with Crippen molar-refractivity contribution in [2.45, 2.75) is 18.5 Å². The average molecular weight is 263 g/mol. The Labute approximate surface area is 110 Å². The number of carboxylic acids is 1. The zero-order valence-electron chi connectivity index (χ0n) is 10.3. The first-order valence-corrected chi connectivity index (χ1v) is 5.88. The monoisotopic (exact) mass is 263 g/mol. The summed E-state index contributed by atoms with van der Waals surface area (Å²) in [6.45, 7) is 0.936. The number of hydrogen-bond acceptors (Lipinski definition) is 4. The number of nitriles is 1. The predicted octanol–water partition coefficient (Wildman–Crippen LogP) is 0.685. The zero-order chi connectivity index (χ0) is 14.0. The van der Waals surface area contributed by atoms with Crippen LogP contribution in [-0.2, 0) is 11.3 Å². The first-order valence-electron chi connectivity index (χ1n) is 5.88. The Balaban J connectivity index is 2.12. The van der Waals surface area contributed by atoms with Gasteiger partial charge in [-0.3, -0.25) is 9.69 Å². The van der Waals surface area contributed by atoms with Crippen LogP contribution in [0.4, 0.5) is 4.39 Å². The van der Waals surface area contributed by atoms with E-state index in [4.69, 9.17) is 16.1 Å². The number of carboxylic acid groups (broad SMARTS) is 1. The molecule has 0 bridgehead atoms. The van der Waals surface area contributed by atoms with Gasteiger partial charge in [-0.1, -0.05) is 0 Å². The molecule has 5 nitrogen and oxygen atoms in total. The Morgan fingerprint density at radius 2 is 2.37 bits per heavy atom. The lowest BCUT2D eigenvalue weighted by Gasteiger charge is -2.20. The molecule has 19 heavy (non-hydrogen) atoms. The van der Waals surface area contributed by atoms with Gasteiger partial charge >= 0.3 is 5.97 Å². The lowest BCUT2D eigenvalue weighted by Crippen LogP contribution is -2.50. The summed E-state index contributed by atoms with van der Waals surface area (Å²) in [5, 5.41) is 17.8. The molecule has 0 aromatic heterocycles. The molecule has 1 fully saturated rings. The molecule has 2 rings (SSSR count). The Bertz CT molecular complexity index is 555. The molecule has 1 heterocycles. The third kappa shape index (κ3) is 2.72. The maximum Gasteiger partial charge on any atom is 0.325 e. The van der Waals surface area contributed by atoms with Gasteiger partial charge in [0, 0.05) is 25.2 Å². The molecule has 1 aliphatic rings. The van der Waals surface area contributed by atoms with Gasteiger partial charge in [-0.05, 0) is 24.6 Å². The number of nitrogens with two attached hydrogens (primary N) is 1. The van der Waals surface area contributed by atoms with Crippen molar-refractivity contribution in [1.82, 2.24) is 4.90 Å². The van der Waals surface area contributed by atoms with Gasteiger partial charge in [-0.2, -0.15) is 5.26 Å². The fraction of sp³-hybridized carbons (Fsp3) is 0.385. The number of hydrogen-bond donors (Lipinski definition) is 2. The van der Waals surface area contributed by atoms with E-state index >= 15 is 0 Å². The van der Waals surface area contributed by atoms with Crippen molar-refractivity contribution in [2.75, 3.05) is 13.1 Å². The van der Waals surface area contributed by atoms with Gasteiger partial charge in [-0.15, -0.1) is 0 Å². The van der Waals surface area contributed by atoms with Crippen molar-refractivity contribution < 1.29 is 14.3 Å². The molecule has 1 aliphatic heterocycles. The third-order valence-electron chi connectivity index (χ3n) is 3.37. The summed E-state index contributed by atoms with van der Waals surface area (Å²) in [7, 11) is 0. The summed E-state index contributed by atoms with van der Waals surface area (Å²) in [5.41, 5.74) is 5.26. The van der Waals surface area contributed by atoms with Gasteiger partial charge in [0.15, 0.2) is 0 Å².